The topological polar surface area (TPSA) is 96.8 Å². The van der Waals surface area contributed by atoms with Crippen LogP contribution in [0.5, 0.6) is 5.75 Å². The number of ether oxygens (including phenoxy) is 1. The molecule has 10 heteroatoms. The first kappa shape index (κ1) is 26.4. The maximum atomic E-state index is 13.2. The summed E-state index contributed by atoms with van der Waals surface area (Å²) in [5, 5.41) is 8.10. The number of fused-ring (bicyclic) bond motifs is 1. The molecule has 0 bridgehead atoms. The fraction of sp³-hybridized carbons (Fsp3) is 0.241. The van der Waals surface area contributed by atoms with E-state index in [2.05, 4.69) is 27.4 Å². The third-order valence-corrected chi connectivity index (χ3v) is 7.07. The number of nitrogens with one attached hydrogen (secondary N) is 1. The number of amides is 2. The highest BCUT2D eigenvalue weighted by molar-refractivity contribution is 6.32. The molecule has 0 atom stereocenters. The molecular formula is C29H28ClN5O4. The van der Waals surface area contributed by atoms with Crippen molar-refractivity contribution in [2.24, 2.45) is 0 Å². The van der Waals surface area contributed by atoms with Gasteiger partial charge in [-0.2, -0.15) is 9.78 Å². The van der Waals surface area contributed by atoms with Gasteiger partial charge in [0.2, 0.25) is 5.91 Å². The van der Waals surface area contributed by atoms with Crippen LogP contribution in [-0.4, -0.2) is 71.2 Å². The summed E-state index contributed by atoms with van der Waals surface area (Å²) in [5.41, 5.74) is 1.27. The lowest BCUT2D eigenvalue weighted by molar-refractivity contribution is -0.131. The van der Waals surface area contributed by atoms with Crippen LogP contribution in [0.2, 0.25) is 5.02 Å². The van der Waals surface area contributed by atoms with Crippen molar-refractivity contribution in [3.05, 3.63) is 99.4 Å². The summed E-state index contributed by atoms with van der Waals surface area (Å²) < 4.78 is 6.33. The van der Waals surface area contributed by atoms with Gasteiger partial charge in [-0.25, -0.2) is 0 Å². The highest BCUT2D eigenvalue weighted by Gasteiger charge is 2.23. The van der Waals surface area contributed by atoms with Gasteiger partial charge in [-0.05, 0) is 29.8 Å². The molecule has 0 unspecified atom stereocenters. The summed E-state index contributed by atoms with van der Waals surface area (Å²) in [5.74, 6) is -0.260. The Morgan fingerprint density at radius 1 is 0.949 bits per heavy atom. The molecule has 1 aliphatic heterocycles. The largest absolute Gasteiger partial charge is 0.495 e. The minimum absolute atomic E-state index is 0.0395. The number of rotatable bonds is 7. The van der Waals surface area contributed by atoms with E-state index in [0.717, 1.165) is 24.3 Å². The number of carbonyl (C=O) groups excluding carboxylic acids is 2. The van der Waals surface area contributed by atoms with E-state index in [1.54, 1.807) is 47.4 Å². The molecule has 0 spiro atoms. The SMILES string of the molecule is COc1ccc(-n2nc(C(=O)NCC(=O)N3CCN(Cc4ccccc4)CC3)c3ccccc3c2=O)cc1Cl. The van der Waals surface area contributed by atoms with Crippen LogP contribution in [0.15, 0.2) is 77.6 Å². The van der Waals surface area contributed by atoms with E-state index in [-0.39, 0.29) is 18.1 Å². The highest BCUT2D eigenvalue weighted by Crippen LogP contribution is 2.26. The summed E-state index contributed by atoms with van der Waals surface area (Å²) in [7, 11) is 1.50. The van der Waals surface area contributed by atoms with Crippen molar-refractivity contribution in [2.75, 3.05) is 39.8 Å². The van der Waals surface area contributed by atoms with Crippen molar-refractivity contribution >= 4 is 34.2 Å². The molecule has 1 aromatic heterocycles. The fourth-order valence-electron chi connectivity index (χ4n) is 4.67. The van der Waals surface area contributed by atoms with Crippen molar-refractivity contribution in [3.8, 4) is 11.4 Å². The molecule has 0 radical (unpaired) electrons. The minimum Gasteiger partial charge on any atom is -0.495 e. The van der Waals surface area contributed by atoms with Gasteiger partial charge in [0.15, 0.2) is 5.69 Å². The number of nitrogens with zero attached hydrogens (tertiary/aromatic N) is 4. The Kier molecular flexibility index (Phi) is 7.90. The van der Waals surface area contributed by atoms with Gasteiger partial charge >= 0.3 is 0 Å². The van der Waals surface area contributed by atoms with Crippen LogP contribution < -0.4 is 15.6 Å². The first-order chi connectivity index (χ1) is 18.9. The second-order valence-corrected chi connectivity index (χ2v) is 9.66. The van der Waals surface area contributed by atoms with E-state index >= 15 is 0 Å². The molecule has 0 saturated carbocycles. The predicted molar refractivity (Wildman–Crippen MR) is 150 cm³/mol. The number of halogens is 1. The Morgan fingerprint density at radius 2 is 1.64 bits per heavy atom. The summed E-state index contributed by atoms with van der Waals surface area (Å²) in [6.07, 6.45) is 0. The van der Waals surface area contributed by atoms with Crippen LogP contribution >= 0.6 is 11.6 Å². The summed E-state index contributed by atoms with van der Waals surface area (Å²) in [4.78, 5) is 43.4. The highest BCUT2D eigenvalue weighted by atomic mass is 35.5. The Bertz CT molecular complexity index is 1570. The summed E-state index contributed by atoms with van der Waals surface area (Å²) in [6.45, 7) is 3.37. The second-order valence-electron chi connectivity index (χ2n) is 9.26. The Labute approximate surface area is 230 Å². The lowest BCUT2D eigenvalue weighted by Crippen LogP contribution is -2.50. The van der Waals surface area contributed by atoms with Gasteiger partial charge < -0.3 is 15.0 Å². The molecule has 0 aliphatic carbocycles. The van der Waals surface area contributed by atoms with E-state index in [4.69, 9.17) is 16.3 Å². The zero-order valence-corrected chi connectivity index (χ0v) is 22.2. The Balaban J connectivity index is 1.29. The van der Waals surface area contributed by atoms with Gasteiger partial charge in [0.1, 0.15) is 5.75 Å². The Morgan fingerprint density at radius 3 is 2.33 bits per heavy atom. The van der Waals surface area contributed by atoms with Gasteiger partial charge in [0.05, 0.1) is 29.8 Å². The molecule has 2 heterocycles. The lowest BCUT2D eigenvalue weighted by Gasteiger charge is -2.34. The van der Waals surface area contributed by atoms with Gasteiger partial charge in [0, 0.05) is 38.1 Å². The number of hydrogen-bond donors (Lipinski definition) is 1. The number of hydrogen-bond acceptors (Lipinski definition) is 6. The average Bonchev–Trinajstić information content (AvgIpc) is 2.97. The monoisotopic (exact) mass is 545 g/mol. The standard InChI is InChI=1S/C29H28ClN5O4/c1-39-25-12-11-21(17-24(25)30)35-29(38)23-10-6-5-9-22(23)27(32-35)28(37)31-18-26(36)34-15-13-33(14-16-34)19-20-7-3-2-4-8-20/h2-12,17H,13-16,18-19H2,1H3,(H,31,37). The molecule has 1 N–H and O–H groups in total. The quantitative estimate of drug-likeness (QED) is 0.383. The van der Waals surface area contributed by atoms with Gasteiger partial charge in [0.25, 0.3) is 11.5 Å². The zero-order chi connectivity index (χ0) is 27.4. The van der Waals surface area contributed by atoms with Crippen LogP contribution in [-0.2, 0) is 11.3 Å². The van der Waals surface area contributed by atoms with Crippen LogP contribution in [0, 0.1) is 0 Å². The normalized spacial score (nSPS) is 13.8. The third-order valence-electron chi connectivity index (χ3n) is 6.77. The summed E-state index contributed by atoms with van der Waals surface area (Å²) >= 11 is 6.27. The van der Waals surface area contributed by atoms with Crippen LogP contribution in [0.1, 0.15) is 16.1 Å². The molecule has 5 rings (SSSR count). The molecule has 1 fully saturated rings. The number of benzene rings is 3. The van der Waals surface area contributed by atoms with E-state index in [9.17, 15) is 14.4 Å². The number of piperazine rings is 1. The molecule has 4 aromatic rings. The van der Waals surface area contributed by atoms with Crippen molar-refractivity contribution in [3.63, 3.8) is 0 Å². The molecule has 1 aliphatic rings. The molecule has 200 valence electrons. The van der Waals surface area contributed by atoms with Crippen molar-refractivity contribution in [1.82, 2.24) is 24.9 Å². The molecule has 3 aromatic carbocycles. The van der Waals surface area contributed by atoms with Gasteiger partial charge in [-0.1, -0.05) is 60.1 Å². The van der Waals surface area contributed by atoms with Crippen LogP contribution in [0.3, 0.4) is 0 Å². The summed E-state index contributed by atoms with van der Waals surface area (Å²) in [6, 6.07) is 21.8. The first-order valence-electron chi connectivity index (χ1n) is 12.6. The first-order valence-corrected chi connectivity index (χ1v) is 13.0. The average molecular weight is 546 g/mol. The number of methoxy groups -OCH3 is 1. The predicted octanol–water partition coefficient (Wildman–Crippen LogP) is 3.12. The minimum atomic E-state index is -0.546. The Hall–Kier alpha value is -4.21. The van der Waals surface area contributed by atoms with Gasteiger partial charge in [-0.15, -0.1) is 0 Å². The van der Waals surface area contributed by atoms with Crippen LogP contribution in [0.4, 0.5) is 0 Å². The maximum Gasteiger partial charge on any atom is 0.279 e. The third kappa shape index (κ3) is 5.79. The second kappa shape index (κ2) is 11.7. The van der Waals surface area contributed by atoms with Crippen molar-refractivity contribution < 1.29 is 14.3 Å². The zero-order valence-electron chi connectivity index (χ0n) is 21.5. The van der Waals surface area contributed by atoms with E-state index in [1.165, 1.54) is 12.7 Å². The smallest absolute Gasteiger partial charge is 0.279 e. The maximum absolute atomic E-state index is 13.2. The lowest BCUT2D eigenvalue weighted by atomic mass is 10.1. The van der Waals surface area contributed by atoms with Crippen molar-refractivity contribution in [2.45, 2.75) is 6.54 Å². The molecular weight excluding hydrogens is 518 g/mol. The fourth-order valence-corrected chi connectivity index (χ4v) is 4.92. The molecule has 9 nitrogen and oxygen atoms in total. The van der Waals surface area contributed by atoms with Gasteiger partial charge in [-0.3, -0.25) is 19.3 Å². The number of carbonyl (C=O) groups is 2. The molecule has 39 heavy (non-hydrogen) atoms. The van der Waals surface area contributed by atoms with Crippen LogP contribution in [0.25, 0.3) is 16.5 Å². The van der Waals surface area contributed by atoms with E-state index in [1.807, 2.05) is 18.2 Å². The molecule has 1 saturated heterocycles. The van der Waals surface area contributed by atoms with Crippen molar-refractivity contribution in [1.29, 1.82) is 0 Å². The number of aromatic nitrogens is 2. The molecule has 2 amide bonds. The van der Waals surface area contributed by atoms with E-state index in [0.29, 0.717) is 40.3 Å². The van der Waals surface area contributed by atoms with E-state index < -0.39 is 11.5 Å².